The van der Waals surface area contributed by atoms with Crippen molar-refractivity contribution < 1.29 is 0 Å². The molecule has 0 amide bonds. The maximum Gasteiger partial charge on any atom is 0.121 e. The minimum absolute atomic E-state index is 0.914. The van der Waals surface area contributed by atoms with Gasteiger partial charge in [-0.1, -0.05) is 12.1 Å². The second-order valence-electron chi connectivity index (χ2n) is 5.79. The fourth-order valence-corrected chi connectivity index (χ4v) is 4.44. The van der Waals surface area contributed by atoms with Crippen LogP contribution in [0.3, 0.4) is 0 Å². The molecule has 120 valence electrons. The highest BCUT2D eigenvalue weighted by atomic mass is 32.2. The number of hydrogen-bond donors (Lipinski definition) is 1. The van der Waals surface area contributed by atoms with Crippen LogP contribution in [-0.2, 0) is 6.54 Å². The SMILES string of the molecule is CSc1ccccc1N1CCN(Cc2nc3cscc3[nH]2)CC1. The van der Waals surface area contributed by atoms with E-state index in [-0.39, 0.29) is 0 Å². The highest BCUT2D eigenvalue weighted by Gasteiger charge is 2.19. The van der Waals surface area contributed by atoms with Crippen LogP contribution in [0.25, 0.3) is 11.0 Å². The first kappa shape index (κ1) is 15.1. The normalized spacial score (nSPS) is 16.3. The van der Waals surface area contributed by atoms with Crippen LogP contribution in [0.15, 0.2) is 39.9 Å². The van der Waals surface area contributed by atoms with E-state index < -0.39 is 0 Å². The maximum atomic E-state index is 4.67. The Kier molecular flexibility index (Phi) is 4.29. The number of thiophene rings is 1. The molecule has 2 aromatic heterocycles. The minimum Gasteiger partial charge on any atom is -0.368 e. The standard InChI is InChI=1S/C17H20N4S2/c1-22-16-5-3-2-4-15(16)21-8-6-20(7-9-21)10-17-18-13-11-23-12-14(13)19-17/h2-5,11-12H,6-10H2,1H3,(H,18,19). The lowest BCUT2D eigenvalue weighted by atomic mass is 10.2. The number of aromatic amines is 1. The molecule has 0 atom stereocenters. The van der Waals surface area contributed by atoms with Gasteiger partial charge in [-0.05, 0) is 18.4 Å². The average Bonchev–Trinajstić information content (AvgIpc) is 3.17. The van der Waals surface area contributed by atoms with Gasteiger partial charge >= 0.3 is 0 Å². The summed E-state index contributed by atoms with van der Waals surface area (Å²) < 4.78 is 0. The van der Waals surface area contributed by atoms with E-state index in [1.54, 1.807) is 11.3 Å². The number of piperazine rings is 1. The molecule has 1 aliphatic rings. The molecule has 3 heterocycles. The molecule has 1 aliphatic heterocycles. The van der Waals surface area contributed by atoms with Crippen LogP contribution in [-0.4, -0.2) is 47.3 Å². The van der Waals surface area contributed by atoms with Crippen molar-refractivity contribution >= 4 is 39.8 Å². The number of thioether (sulfide) groups is 1. The van der Waals surface area contributed by atoms with E-state index in [1.807, 2.05) is 11.8 Å². The molecule has 0 radical (unpaired) electrons. The van der Waals surface area contributed by atoms with Crippen molar-refractivity contribution in [3.63, 3.8) is 0 Å². The van der Waals surface area contributed by atoms with Crippen LogP contribution in [0, 0.1) is 0 Å². The van der Waals surface area contributed by atoms with Crippen LogP contribution < -0.4 is 4.90 Å². The number of nitrogens with one attached hydrogen (secondary N) is 1. The predicted octanol–water partition coefficient (Wildman–Crippen LogP) is 3.67. The molecule has 0 saturated carbocycles. The zero-order valence-corrected chi connectivity index (χ0v) is 14.8. The number of nitrogens with zero attached hydrogens (tertiary/aromatic N) is 3. The van der Waals surface area contributed by atoms with Crippen LogP contribution in [0.2, 0.25) is 0 Å². The van der Waals surface area contributed by atoms with E-state index in [2.05, 4.69) is 61.0 Å². The summed E-state index contributed by atoms with van der Waals surface area (Å²) in [5.41, 5.74) is 3.63. The van der Waals surface area contributed by atoms with E-state index in [9.17, 15) is 0 Å². The van der Waals surface area contributed by atoms with Gasteiger partial charge in [-0.2, -0.15) is 0 Å². The minimum atomic E-state index is 0.914. The lowest BCUT2D eigenvalue weighted by molar-refractivity contribution is 0.244. The average molecular weight is 345 g/mol. The molecule has 23 heavy (non-hydrogen) atoms. The van der Waals surface area contributed by atoms with Crippen molar-refractivity contribution in [2.75, 3.05) is 37.3 Å². The quantitative estimate of drug-likeness (QED) is 0.733. The van der Waals surface area contributed by atoms with Crippen LogP contribution >= 0.6 is 23.1 Å². The van der Waals surface area contributed by atoms with Gasteiger partial charge in [-0.3, -0.25) is 4.90 Å². The van der Waals surface area contributed by atoms with E-state index in [4.69, 9.17) is 0 Å². The predicted molar refractivity (Wildman–Crippen MR) is 99.7 cm³/mol. The van der Waals surface area contributed by atoms with Gasteiger partial charge < -0.3 is 9.88 Å². The molecule has 1 N–H and O–H groups in total. The van der Waals surface area contributed by atoms with Crippen LogP contribution in [0.4, 0.5) is 5.69 Å². The van der Waals surface area contributed by atoms with Crippen molar-refractivity contribution in [2.45, 2.75) is 11.4 Å². The molecule has 1 aromatic carbocycles. The number of imidazole rings is 1. The van der Waals surface area contributed by atoms with Crippen molar-refractivity contribution in [3.8, 4) is 0 Å². The summed E-state index contributed by atoms with van der Waals surface area (Å²) in [6, 6.07) is 8.70. The molecule has 6 heteroatoms. The highest BCUT2D eigenvalue weighted by molar-refractivity contribution is 7.98. The molecule has 0 spiro atoms. The number of fused-ring (bicyclic) bond motifs is 1. The molecule has 1 fully saturated rings. The topological polar surface area (TPSA) is 35.2 Å². The van der Waals surface area contributed by atoms with Crippen molar-refractivity contribution in [2.24, 2.45) is 0 Å². The summed E-state index contributed by atoms with van der Waals surface area (Å²) in [6.07, 6.45) is 2.15. The van der Waals surface area contributed by atoms with Gasteiger partial charge in [0.25, 0.3) is 0 Å². The third-order valence-corrected chi connectivity index (χ3v) is 5.86. The summed E-state index contributed by atoms with van der Waals surface area (Å²) in [5, 5.41) is 4.23. The molecule has 4 rings (SSSR count). The summed E-state index contributed by atoms with van der Waals surface area (Å²) >= 11 is 3.53. The Balaban J connectivity index is 1.39. The van der Waals surface area contributed by atoms with Gasteiger partial charge in [0.15, 0.2) is 0 Å². The summed E-state index contributed by atoms with van der Waals surface area (Å²) in [5.74, 6) is 1.08. The summed E-state index contributed by atoms with van der Waals surface area (Å²) in [6.45, 7) is 5.22. The molecule has 3 aromatic rings. The van der Waals surface area contributed by atoms with Crippen LogP contribution in [0.5, 0.6) is 0 Å². The van der Waals surface area contributed by atoms with Gasteiger partial charge in [-0.25, -0.2) is 4.98 Å². The number of benzene rings is 1. The Morgan fingerprint density at radius 1 is 1.17 bits per heavy atom. The first-order chi connectivity index (χ1) is 11.3. The Bertz CT molecular complexity index is 758. The smallest absolute Gasteiger partial charge is 0.121 e. The summed E-state index contributed by atoms with van der Waals surface area (Å²) in [7, 11) is 0. The molecule has 0 aliphatic carbocycles. The van der Waals surface area contributed by atoms with Crippen molar-refractivity contribution in [1.29, 1.82) is 0 Å². The monoisotopic (exact) mass is 344 g/mol. The molecule has 0 bridgehead atoms. The zero-order valence-electron chi connectivity index (χ0n) is 13.2. The molecule has 0 unspecified atom stereocenters. The second kappa shape index (κ2) is 6.55. The molecule has 1 saturated heterocycles. The number of hydrogen-bond acceptors (Lipinski definition) is 5. The van der Waals surface area contributed by atoms with Gasteiger partial charge in [0.1, 0.15) is 5.82 Å². The first-order valence-corrected chi connectivity index (χ1v) is 10.0. The molecule has 4 nitrogen and oxygen atoms in total. The van der Waals surface area contributed by atoms with E-state index in [0.717, 1.165) is 49.6 Å². The third kappa shape index (κ3) is 3.11. The lowest BCUT2D eigenvalue weighted by Crippen LogP contribution is -2.46. The second-order valence-corrected chi connectivity index (χ2v) is 7.38. The highest BCUT2D eigenvalue weighted by Crippen LogP contribution is 2.29. The van der Waals surface area contributed by atoms with Crippen LogP contribution in [0.1, 0.15) is 5.82 Å². The summed E-state index contributed by atoms with van der Waals surface area (Å²) in [4.78, 5) is 14.4. The number of H-pyrrole nitrogens is 1. The van der Waals surface area contributed by atoms with Gasteiger partial charge in [0.05, 0.1) is 23.3 Å². The Morgan fingerprint density at radius 2 is 2.00 bits per heavy atom. The number of para-hydroxylation sites is 1. The zero-order chi connectivity index (χ0) is 15.6. The third-order valence-electron chi connectivity index (χ3n) is 4.35. The molecular weight excluding hydrogens is 324 g/mol. The van der Waals surface area contributed by atoms with Crippen molar-refractivity contribution in [1.82, 2.24) is 14.9 Å². The maximum absolute atomic E-state index is 4.67. The largest absolute Gasteiger partial charge is 0.368 e. The number of rotatable bonds is 4. The van der Waals surface area contributed by atoms with Gasteiger partial charge in [0, 0.05) is 41.8 Å². The van der Waals surface area contributed by atoms with Gasteiger partial charge in [0.2, 0.25) is 0 Å². The fourth-order valence-electron chi connectivity index (χ4n) is 3.12. The van der Waals surface area contributed by atoms with Crippen molar-refractivity contribution in [3.05, 3.63) is 40.8 Å². The Morgan fingerprint density at radius 3 is 2.78 bits per heavy atom. The molecular formula is C17H20N4S2. The Hall–Kier alpha value is -1.50. The number of anilines is 1. The van der Waals surface area contributed by atoms with E-state index in [1.165, 1.54) is 10.6 Å². The van der Waals surface area contributed by atoms with E-state index in [0.29, 0.717) is 0 Å². The first-order valence-electron chi connectivity index (χ1n) is 7.84. The fraction of sp³-hybridized carbons (Fsp3) is 0.353. The van der Waals surface area contributed by atoms with E-state index >= 15 is 0 Å². The lowest BCUT2D eigenvalue weighted by Gasteiger charge is -2.36. The van der Waals surface area contributed by atoms with Gasteiger partial charge in [-0.15, -0.1) is 23.1 Å². The Labute approximate surface area is 144 Å². The number of aromatic nitrogens is 2.